The molecule has 1 saturated heterocycles. The highest BCUT2D eigenvalue weighted by Gasteiger charge is 2.98. The summed E-state index contributed by atoms with van der Waals surface area (Å²) < 4.78 is 167. The lowest BCUT2D eigenvalue weighted by atomic mass is 10.1. The maximum Gasteiger partial charge on any atom is 0.448 e. The topological polar surface area (TPSA) is 49.8 Å². The van der Waals surface area contributed by atoms with Crippen LogP contribution in [-0.4, -0.2) is 51.9 Å². The maximum atomic E-state index is 14.8. The van der Waals surface area contributed by atoms with E-state index in [2.05, 4.69) is 4.74 Å². The average Bonchev–Trinajstić information content (AvgIpc) is 2.80. The number of halogens is 12. The highest BCUT2D eigenvalue weighted by Crippen LogP contribution is 2.66. The van der Waals surface area contributed by atoms with Gasteiger partial charge in [0.2, 0.25) is 0 Å². The van der Waals surface area contributed by atoms with Crippen molar-refractivity contribution in [2.24, 2.45) is 0 Å². The molecule has 4 nitrogen and oxygen atoms in total. The zero-order valence-corrected chi connectivity index (χ0v) is 16.4. The van der Waals surface area contributed by atoms with Gasteiger partial charge in [-0.25, -0.2) is 9.18 Å². The molecule has 0 amide bonds. The van der Waals surface area contributed by atoms with E-state index >= 15 is 0 Å². The molecule has 1 aliphatic heterocycles. The number of rotatable bonds is 4. The summed E-state index contributed by atoms with van der Waals surface area (Å²) in [6, 6.07) is -5.96. The molecule has 0 aliphatic carbocycles. The fourth-order valence-electron chi connectivity index (χ4n) is 3.10. The molecule has 2 aromatic carbocycles. The Morgan fingerprint density at radius 2 is 1.09 bits per heavy atom. The molecule has 1 N–H and O–H groups in total. The summed E-state index contributed by atoms with van der Waals surface area (Å²) in [5.41, 5.74) is 0.612. The summed E-state index contributed by atoms with van der Waals surface area (Å²) in [6.07, 6.45) is -7.18. The third kappa shape index (κ3) is 3.56. The predicted octanol–water partition coefficient (Wildman–Crippen LogP) is 5.96. The summed E-state index contributed by atoms with van der Waals surface area (Å²) in [6.45, 7) is 0. The van der Waals surface area contributed by atoms with Gasteiger partial charge >= 0.3 is 41.9 Å². The van der Waals surface area contributed by atoms with Crippen molar-refractivity contribution in [3.63, 3.8) is 0 Å². The zero-order valence-electron chi connectivity index (χ0n) is 16.4. The van der Waals surface area contributed by atoms with Crippen molar-refractivity contribution in [3.05, 3.63) is 48.5 Å². The van der Waals surface area contributed by atoms with E-state index in [1.165, 1.54) is 24.3 Å². The van der Waals surface area contributed by atoms with Crippen molar-refractivity contribution in [2.45, 2.75) is 35.9 Å². The first-order chi connectivity index (χ1) is 15.7. The quantitative estimate of drug-likeness (QED) is 0.231. The standard InChI is InChI=1S/C19H9F12NO3/c20-14(17(25,26)27,32-18(28,29)15(21,22)16(23,24)19(32,30)31)13(34)35-12-7-3-10(4-8-12)9-1-5-11(33)6-2-9/h1-8,33H. The van der Waals surface area contributed by atoms with Gasteiger partial charge < -0.3 is 9.84 Å². The molecule has 35 heavy (non-hydrogen) atoms. The Bertz CT molecular complexity index is 1090. The van der Waals surface area contributed by atoms with Gasteiger partial charge in [0.25, 0.3) is 0 Å². The normalized spacial score (nSPS) is 22.4. The van der Waals surface area contributed by atoms with Gasteiger partial charge in [-0.1, -0.05) is 24.3 Å². The molecule has 1 atom stereocenters. The van der Waals surface area contributed by atoms with Crippen molar-refractivity contribution in [3.8, 4) is 22.6 Å². The Kier molecular flexibility index (Phi) is 5.79. The Morgan fingerprint density at radius 1 is 0.714 bits per heavy atom. The first-order valence-electron chi connectivity index (χ1n) is 8.92. The van der Waals surface area contributed by atoms with E-state index < -0.39 is 52.5 Å². The van der Waals surface area contributed by atoms with Gasteiger partial charge in [-0.15, -0.1) is 4.90 Å². The molecule has 1 fully saturated rings. The molecule has 1 heterocycles. The highest BCUT2D eigenvalue weighted by atomic mass is 19.4. The number of carbonyl (C=O) groups is 1. The number of hydrogen-bond acceptors (Lipinski definition) is 4. The lowest BCUT2D eigenvalue weighted by molar-refractivity contribution is -0.382. The van der Waals surface area contributed by atoms with Crippen LogP contribution < -0.4 is 4.74 Å². The molecule has 16 heteroatoms. The molecule has 0 spiro atoms. The van der Waals surface area contributed by atoms with E-state index in [4.69, 9.17) is 0 Å². The molecule has 0 bridgehead atoms. The van der Waals surface area contributed by atoms with Gasteiger partial charge in [-0.3, -0.25) is 0 Å². The van der Waals surface area contributed by atoms with Crippen LogP contribution in [0.5, 0.6) is 11.5 Å². The van der Waals surface area contributed by atoms with Gasteiger partial charge in [-0.05, 0) is 35.4 Å². The van der Waals surface area contributed by atoms with Crippen molar-refractivity contribution >= 4 is 5.97 Å². The summed E-state index contributed by atoms with van der Waals surface area (Å²) >= 11 is 0. The van der Waals surface area contributed by atoms with Crippen LogP contribution in [0.15, 0.2) is 48.5 Å². The second-order valence-corrected chi connectivity index (χ2v) is 7.15. The highest BCUT2D eigenvalue weighted by molar-refractivity contribution is 5.83. The van der Waals surface area contributed by atoms with Crippen LogP contribution in [0.1, 0.15) is 0 Å². The van der Waals surface area contributed by atoms with Crippen LogP contribution >= 0.6 is 0 Å². The molecule has 192 valence electrons. The first kappa shape index (κ1) is 26.4. The number of nitrogens with zero attached hydrogens (tertiary/aromatic N) is 1. The Morgan fingerprint density at radius 3 is 1.46 bits per heavy atom. The second-order valence-electron chi connectivity index (χ2n) is 7.15. The molecule has 0 aromatic heterocycles. The minimum Gasteiger partial charge on any atom is -0.508 e. The molecule has 0 radical (unpaired) electrons. The van der Waals surface area contributed by atoms with Crippen molar-refractivity contribution in [2.75, 3.05) is 0 Å². The number of ether oxygens (including phenoxy) is 1. The minimum absolute atomic E-state index is 0.141. The summed E-state index contributed by atoms with van der Waals surface area (Å²) in [5, 5.41) is 9.23. The number of phenols is 1. The predicted molar refractivity (Wildman–Crippen MR) is 90.7 cm³/mol. The van der Waals surface area contributed by atoms with Crippen LogP contribution in [-0.2, 0) is 4.79 Å². The molecule has 1 aliphatic rings. The largest absolute Gasteiger partial charge is 0.508 e. The lowest BCUT2D eigenvalue weighted by Crippen LogP contribution is -2.70. The van der Waals surface area contributed by atoms with Gasteiger partial charge in [0.05, 0.1) is 0 Å². The second kappa shape index (κ2) is 7.66. The molecular weight excluding hydrogens is 518 g/mol. The molecule has 1 unspecified atom stereocenters. The van der Waals surface area contributed by atoms with E-state index in [0.717, 1.165) is 12.1 Å². The number of carbonyl (C=O) groups excluding carboxylic acids is 1. The number of esters is 1. The van der Waals surface area contributed by atoms with Crippen LogP contribution in [0.3, 0.4) is 0 Å². The monoisotopic (exact) mass is 527 g/mol. The van der Waals surface area contributed by atoms with Crippen LogP contribution in [0.2, 0.25) is 0 Å². The van der Waals surface area contributed by atoms with E-state index in [0.29, 0.717) is 17.7 Å². The fourth-order valence-corrected chi connectivity index (χ4v) is 3.10. The SMILES string of the molecule is O=C(Oc1ccc(-c2ccc(O)cc2)cc1)C(F)(N1C(F)(F)C(F)(F)C(F)(F)C1(F)F)C(F)(F)F. The van der Waals surface area contributed by atoms with Gasteiger partial charge in [0.15, 0.2) is 0 Å². The van der Waals surface area contributed by atoms with E-state index in [-0.39, 0.29) is 11.3 Å². The van der Waals surface area contributed by atoms with Gasteiger partial charge in [-0.2, -0.15) is 48.3 Å². The lowest BCUT2D eigenvalue weighted by Gasteiger charge is -2.38. The minimum atomic E-state index is -7.22. The summed E-state index contributed by atoms with van der Waals surface area (Å²) in [7, 11) is 0. The molecular formula is C19H9F12NO3. The van der Waals surface area contributed by atoms with Crippen molar-refractivity contribution < 1.29 is 67.3 Å². The molecule has 2 aromatic rings. The van der Waals surface area contributed by atoms with Crippen LogP contribution in [0.25, 0.3) is 11.1 Å². The smallest absolute Gasteiger partial charge is 0.448 e. The van der Waals surface area contributed by atoms with Crippen molar-refractivity contribution in [1.29, 1.82) is 0 Å². The number of benzene rings is 2. The zero-order chi connectivity index (χ0) is 26.8. The maximum absolute atomic E-state index is 14.8. The Labute approximate surface area is 186 Å². The Balaban J connectivity index is 2.02. The number of likely N-dealkylation sites (tertiary alicyclic amines) is 1. The van der Waals surface area contributed by atoms with E-state index in [1.807, 2.05) is 0 Å². The van der Waals surface area contributed by atoms with Gasteiger partial charge in [0.1, 0.15) is 11.5 Å². The Hall–Kier alpha value is -3.17. The van der Waals surface area contributed by atoms with Crippen LogP contribution in [0, 0.1) is 0 Å². The van der Waals surface area contributed by atoms with Crippen molar-refractivity contribution in [1.82, 2.24) is 4.90 Å². The third-order valence-electron chi connectivity index (χ3n) is 4.93. The number of alkyl halides is 12. The number of phenolic OH excluding ortho intramolecular Hbond substituents is 1. The van der Waals surface area contributed by atoms with E-state index in [1.54, 1.807) is 0 Å². The summed E-state index contributed by atoms with van der Waals surface area (Å²) in [4.78, 5) is 8.40. The number of hydrogen-bond donors (Lipinski definition) is 1. The first-order valence-corrected chi connectivity index (χ1v) is 8.92. The third-order valence-corrected chi connectivity index (χ3v) is 4.93. The van der Waals surface area contributed by atoms with Crippen LogP contribution in [0.4, 0.5) is 52.7 Å². The number of aromatic hydroxyl groups is 1. The van der Waals surface area contributed by atoms with Gasteiger partial charge in [0, 0.05) is 0 Å². The van der Waals surface area contributed by atoms with E-state index in [9.17, 15) is 62.6 Å². The summed E-state index contributed by atoms with van der Waals surface area (Å²) in [5.74, 6) is -26.2. The molecule has 0 saturated carbocycles. The molecule has 3 rings (SSSR count). The average molecular weight is 527 g/mol. The fraction of sp³-hybridized carbons (Fsp3) is 0.316.